The zero-order chi connectivity index (χ0) is 16.2. The summed E-state index contributed by atoms with van der Waals surface area (Å²) in [6.07, 6.45) is 0. The maximum absolute atomic E-state index is 12.5. The molecule has 0 spiro atoms. The number of carbonyl (C=O) groups excluding carboxylic acids is 1. The number of aromatic nitrogens is 1. The van der Waals surface area contributed by atoms with Crippen molar-refractivity contribution in [2.45, 2.75) is 13.8 Å². The molecular weight excluding hydrogens is 290 g/mol. The molecule has 0 aliphatic carbocycles. The summed E-state index contributed by atoms with van der Waals surface area (Å²) in [6, 6.07) is 17.2. The second kappa shape index (κ2) is 6.48. The summed E-state index contributed by atoms with van der Waals surface area (Å²) in [5.41, 5.74) is 3.54. The number of ether oxygens (including phenoxy) is 1. The second-order valence-electron chi connectivity index (χ2n) is 5.14. The van der Waals surface area contributed by atoms with E-state index in [2.05, 4.69) is 5.16 Å². The molecule has 4 nitrogen and oxygen atoms in total. The van der Waals surface area contributed by atoms with E-state index in [4.69, 9.17) is 9.26 Å². The van der Waals surface area contributed by atoms with Crippen molar-refractivity contribution < 1.29 is 14.1 Å². The van der Waals surface area contributed by atoms with E-state index >= 15 is 0 Å². The lowest BCUT2D eigenvalue weighted by atomic mass is 9.99. The number of nitrogens with zero attached hydrogens (tertiary/aromatic N) is 1. The van der Waals surface area contributed by atoms with Crippen molar-refractivity contribution >= 4 is 5.97 Å². The number of hydrogen-bond donors (Lipinski definition) is 0. The van der Waals surface area contributed by atoms with E-state index in [1.165, 1.54) is 0 Å². The van der Waals surface area contributed by atoms with Gasteiger partial charge in [0.05, 0.1) is 6.61 Å². The van der Waals surface area contributed by atoms with Gasteiger partial charge in [-0.3, -0.25) is 0 Å². The summed E-state index contributed by atoms with van der Waals surface area (Å²) in [5.74, 6) is 0.0197. The SMILES string of the molecule is CCOC(=O)c1c(-c2ccccc2)noc1-c1ccccc1C. The molecule has 0 N–H and O–H groups in total. The van der Waals surface area contributed by atoms with Gasteiger partial charge in [0.1, 0.15) is 11.3 Å². The van der Waals surface area contributed by atoms with E-state index in [1.54, 1.807) is 6.92 Å². The van der Waals surface area contributed by atoms with Gasteiger partial charge in [0, 0.05) is 11.1 Å². The third kappa shape index (κ3) is 2.88. The Morgan fingerprint density at radius 1 is 1.09 bits per heavy atom. The molecule has 0 bridgehead atoms. The smallest absolute Gasteiger partial charge is 0.344 e. The predicted octanol–water partition coefficient (Wildman–Crippen LogP) is 4.49. The lowest BCUT2D eigenvalue weighted by molar-refractivity contribution is 0.0527. The Hall–Kier alpha value is -2.88. The molecule has 0 aliphatic rings. The Kier molecular flexibility index (Phi) is 4.24. The minimum atomic E-state index is -0.425. The highest BCUT2D eigenvalue weighted by molar-refractivity contribution is 6.02. The number of aryl methyl sites for hydroxylation is 1. The van der Waals surface area contributed by atoms with Crippen LogP contribution < -0.4 is 0 Å². The van der Waals surface area contributed by atoms with Gasteiger partial charge in [0.2, 0.25) is 0 Å². The summed E-state index contributed by atoms with van der Waals surface area (Å²) < 4.78 is 10.7. The van der Waals surface area contributed by atoms with Crippen LogP contribution >= 0.6 is 0 Å². The number of hydrogen-bond acceptors (Lipinski definition) is 4. The normalized spacial score (nSPS) is 10.5. The monoisotopic (exact) mass is 307 g/mol. The molecule has 0 fully saturated rings. The maximum atomic E-state index is 12.5. The van der Waals surface area contributed by atoms with Gasteiger partial charge in [-0.1, -0.05) is 59.8 Å². The minimum absolute atomic E-state index is 0.297. The highest BCUT2D eigenvalue weighted by atomic mass is 16.5. The van der Waals surface area contributed by atoms with Crippen molar-refractivity contribution in [1.29, 1.82) is 0 Å². The fourth-order valence-corrected chi connectivity index (χ4v) is 2.49. The molecule has 0 radical (unpaired) electrons. The van der Waals surface area contributed by atoms with Crippen molar-refractivity contribution in [1.82, 2.24) is 5.16 Å². The first-order valence-electron chi connectivity index (χ1n) is 7.50. The Labute approximate surface area is 134 Å². The lowest BCUT2D eigenvalue weighted by Gasteiger charge is -2.06. The van der Waals surface area contributed by atoms with Crippen molar-refractivity contribution in [3.63, 3.8) is 0 Å². The molecule has 0 unspecified atom stereocenters. The Morgan fingerprint density at radius 3 is 2.48 bits per heavy atom. The lowest BCUT2D eigenvalue weighted by Crippen LogP contribution is -2.07. The summed E-state index contributed by atoms with van der Waals surface area (Å²) in [4.78, 5) is 12.5. The van der Waals surface area contributed by atoms with Gasteiger partial charge in [-0.15, -0.1) is 0 Å². The summed E-state index contributed by atoms with van der Waals surface area (Å²) in [5, 5.41) is 4.13. The molecule has 0 saturated carbocycles. The van der Waals surface area contributed by atoms with Crippen molar-refractivity contribution in [2.75, 3.05) is 6.61 Å². The fraction of sp³-hybridized carbons (Fsp3) is 0.158. The highest BCUT2D eigenvalue weighted by Gasteiger charge is 2.26. The van der Waals surface area contributed by atoms with Crippen LogP contribution in [-0.4, -0.2) is 17.7 Å². The van der Waals surface area contributed by atoms with Crippen molar-refractivity contribution in [3.8, 4) is 22.6 Å². The van der Waals surface area contributed by atoms with Crippen LogP contribution in [0.5, 0.6) is 0 Å². The molecule has 0 amide bonds. The van der Waals surface area contributed by atoms with E-state index in [0.29, 0.717) is 23.6 Å². The first-order chi connectivity index (χ1) is 11.2. The van der Waals surface area contributed by atoms with E-state index in [9.17, 15) is 4.79 Å². The third-order valence-corrected chi connectivity index (χ3v) is 3.61. The standard InChI is InChI=1S/C19H17NO3/c1-3-22-19(21)16-17(14-10-5-4-6-11-14)20-23-18(16)15-12-8-7-9-13(15)2/h4-12H,3H2,1-2H3. The molecule has 23 heavy (non-hydrogen) atoms. The number of benzene rings is 2. The quantitative estimate of drug-likeness (QED) is 0.666. The molecule has 3 rings (SSSR count). The van der Waals surface area contributed by atoms with Gasteiger partial charge in [-0.25, -0.2) is 4.79 Å². The van der Waals surface area contributed by atoms with Crippen molar-refractivity contribution in [2.24, 2.45) is 0 Å². The molecule has 1 heterocycles. The molecule has 0 aliphatic heterocycles. The van der Waals surface area contributed by atoms with Gasteiger partial charge >= 0.3 is 5.97 Å². The van der Waals surface area contributed by atoms with Crippen LogP contribution in [0.4, 0.5) is 0 Å². The van der Waals surface area contributed by atoms with E-state index < -0.39 is 5.97 Å². The van der Waals surface area contributed by atoms with Crippen LogP contribution in [-0.2, 0) is 4.74 Å². The fourth-order valence-electron chi connectivity index (χ4n) is 2.49. The van der Waals surface area contributed by atoms with E-state index in [1.807, 2.05) is 61.5 Å². The van der Waals surface area contributed by atoms with Crippen LogP contribution in [0.1, 0.15) is 22.8 Å². The summed E-state index contributed by atoms with van der Waals surface area (Å²) >= 11 is 0. The molecule has 0 atom stereocenters. The first-order valence-corrected chi connectivity index (χ1v) is 7.50. The number of carbonyl (C=O) groups is 1. The van der Waals surface area contributed by atoms with E-state index in [0.717, 1.165) is 16.7 Å². The van der Waals surface area contributed by atoms with Crippen LogP contribution in [0, 0.1) is 6.92 Å². The van der Waals surface area contributed by atoms with E-state index in [-0.39, 0.29) is 0 Å². The van der Waals surface area contributed by atoms with Crippen molar-refractivity contribution in [3.05, 3.63) is 65.7 Å². The van der Waals surface area contributed by atoms with Gasteiger partial charge < -0.3 is 9.26 Å². The van der Waals surface area contributed by atoms with Gasteiger partial charge in [0.15, 0.2) is 5.76 Å². The van der Waals surface area contributed by atoms with Crippen LogP contribution in [0.3, 0.4) is 0 Å². The number of esters is 1. The molecule has 116 valence electrons. The molecule has 3 aromatic rings. The Bertz CT molecular complexity index is 822. The topological polar surface area (TPSA) is 52.3 Å². The summed E-state index contributed by atoms with van der Waals surface area (Å²) in [7, 11) is 0. The Balaban J connectivity index is 2.20. The zero-order valence-electron chi connectivity index (χ0n) is 13.1. The zero-order valence-corrected chi connectivity index (χ0v) is 13.1. The number of rotatable bonds is 4. The van der Waals surface area contributed by atoms with Gasteiger partial charge in [-0.05, 0) is 19.4 Å². The highest BCUT2D eigenvalue weighted by Crippen LogP contribution is 2.34. The van der Waals surface area contributed by atoms with Gasteiger partial charge in [-0.2, -0.15) is 0 Å². The molecule has 4 heteroatoms. The largest absolute Gasteiger partial charge is 0.462 e. The average molecular weight is 307 g/mol. The maximum Gasteiger partial charge on any atom is 0.344 e. The molecular formula is C19H17NO3. The van der Waals surface area contributed by atoms with Crippen LogP contribution in [0.2, 0.25) is 0 Å². The van der Waals surface area contributed by atoms with Gasteiger partial charge in [0.25, 0.3) is 0 Å². The van der Waals surface area contributed by atoms with Crippen LogP contribution in [0.25, 0.3) is 22.6 Å². The second-order valence-corrected chi connectivity index (χ2v) is 5.14. The molecule has 2 aromatic carbocycles. The first kappa shape index (κ1) is 15.0. The average Bonchev–Trinajstić information content (AvgIpc) is 3.01. The minimum Gasteiger partial charge on any atom is -0.462 e. The van der Waals surface area contributed by atoms with Crippen LogP contribution in [0.15, 0.2) is 59.1 Å². The third-order valence-electron chi connectivity index (χ3n) is 3.61. The predicted molar refractivity (Wildman–Crippen MR) is 88.1 cm³/mol. The molecule has 1 aromatic heterocycles. The molecule has 0 saturated heterocycles. The summed E-state index contributed by atoms with van der Waals surface area (Å²) in [6.45, 7) is 4.04. The Morgan fingerprint density at radius 2 is 1.78 bits per heavy atom.